The van der Waals surface area contributed by atoms with Gasteiger partial charge in [0.1, 0.15) is 0 Å². The molecule has 16 heavy (non-hydrogen) atoms. The van der Waals surface area contributed by atoms with E-state index in [9.17, 15) is 10.1 Å². The molecule has 0 radical (unpaired) electrons. The van der Waals surface area contributed by atoms with Crippen LogP contribution in [0.1, 0.15) is 18.4 Å². The number of halogens is 1. The summed E-state index contributed by atoms with van der Waals surface area (Å²) in [7, 11) is 0. The number of rotatable bonds is 3. The van der Waals surface area contributed by atoms with Gasteiger partial charge in [0.05, 0.1) is 4.92 Å². The molecule has 1 aliphatic heterocycles. The summed E-state index contributed by atoms with van der Waals surface area (Å²) in [6, 6.07) is 5.49. The van der Waals surface area contributed by atoms with Gasteiger partial charge in [-0.1, -0.05) is 22.0 Å². The average Bonchev–Trinajstić information content (AvgIpc) is 2.73. The molecule has 1 aliphatic rings. The minimum atomic E-state index is -0.373. The fraction of sp³-hybridized carbons (Fsp3) is 0.455. The normalized spacial score (nSPS) is 19.9. The molecule has 0 bridgehead atoms. The second-order valence-electron chi connectivity index (χ2n) is 4.03. The molecule has 0 amide bonds. The van der Waals surface area contributed by atoms with Gasteiger partial charge < -0.3 is 5.32 Å². The van der Waals surface area contributed by atoms with Crippen LogP contribution in [0, 0.1) is 10.1 Å². The van der Waals surface area contributed by atoms with Gasteiger partial charge in [0.2, 0.25) is 0 Å². The summed E-state index contributed by atoms with van der Waals surface area (Å²) in [5, 5.41) is 14.0. The van der Waals surface area contributed by atoms with Crippen LogP contribution in [0.3, 0.4) is 0 Å². The van der Waals surface area contributed by atoms with Crippen molar-refractivity contribution in [3.8, 4) is 0 Å². The molecule has 0 saturated carbocycles. The van der Waals surface area contributed by atoms with Crippen LogP contribution in [0.4, 0.5) is 5.69 Å². The highest BCUT2D eigenvalue weighted by Gasteiger charge is 2.17. The smallest absolute Gasteiger partial charge is 0.270 e. The molecule has 1 heterocycles. The van der Waals surface area contributed by atoms with Crippen LogP contribution < -0.4 is 5.32 Å². The number of nitrogens with one attached hydrogen (secondary N) is 1. The first-order chi connectivity index (χ1) is 7.66. The number of nitro groups is 1. The van der Waals surface area contributed by atoms with Crippen LogP contribution in [0.5, 0.6) is 0 Å². The first kappa shape index (κ1) is 11.5. The minimum Gasteiger partial charge on any atom is -0.314 e. The lowest BCUT2D eigenvalue weighted by molar-refractivity contribution is -0.384. The Morgan fingerprint density at radius 3 is 2.94 bits per heavy atom. The number of nitro benzene ring substituents is 1. The average molecular weight is 285 g/mol. The van der Waals surface area contributed by atoms with Crippen LogP contribution >= 0.6 is 15.9 Å². The van der Waals surface area contributed by atoms with Gasteiger partial charge in [0.15, 0.2) is 0 Å². The number of non-ortho nitro benzene ring substituents is 1. The SMILES string of the molecule is O=[N+]([O-])c1ccc(CC2CCCN2)c(Br)c1. The molecule has 1 aromatic rings. The van der Waals surface area contributed by atoms with Gasteiger partial charge in [-0.05, 0) is 31.4 Å². The van der Waals surface area contributed by atoms with E-state index in [-0.39, 0.29) is 10.6 Å². The number of benzene rings is 1. The van der Waals surface area contributed by atoms with E-state index in [1.54, 1.807) is 12.1 Å². The van der Waals surface area contributed by atoms with E-state index in [0.29, 0.717) is 6.04 Å². The summed E-state index contributed by atoms with van der Waals surface area (Å²) in [5.74, 6) is 0. The van der Waals surface area contributed by atoms with Crippen molar-refractivity contribution in [2.75, 3.05) is 6.54 Å². The van der Waals surface area contributed by atoms with Crippen LogP contribution in [0.2, 0.25) is 0 Å². The summed E-state index contributed by atoms with van der Waals surface area (Å²) >= 11 is 3.39. The molecule has 4 nitrogen and oxygen atoms in total. The molecular weight excluding hydrogens is 272 g/mol. The Labute approximate surface area is 102 Å². The predicted octanol–water partition coefficient (Wildman–Crippen LogP) is 2.65. The van der Waals surface area contributed by atoms with E-state index in [4.69, 9.17) is 0 Å². The lowest BCUT2D eigenvalue weighted by Crippen LogP contribution is -2.23. The van der Waals surface area contributed by atoms with Crippen molar-refractivity contribution < 1.29 is 4.92 Å². The van der Waals surface area contributed by atoms with Gasteiger partial charge in [-0.15, -0.1) is 0 Å². The lowest BCUT2D eigenvalue weighted by atomic mass is 10.0. The van der Waals surface area contributed by atoms with Crippen molar-refractivity contribution >= 4 is 21.6 Å². The van der Waals surface area contributed by atoms with Crippen molar-refractivity contribution in [1.82, 2.24) is 5.32 Å². The maximum absolute atomic E-state index is 10.6. The Morgan fingerprint density at radius 1 is 1.56 bits per heavy atom. The molecule has 2 rings (SSSR count). The Balaban J connectivity index is 2.12. The van der Waals surface area contributed by atoms with E-state index < -0.39 is 0 Å². The first-order valence-electron chi connectivity index (χ1n) is 5.33. The Morgan fingerprint density at radius 2 is 2.38 bits per heavy atom. The molecule has 1 N–H and O–H groups in total. The molecule has 5 heteroatoms. The summed E-state index contributed by atoms with van der Waals surface area (Å²) in [6.45, 7) is 1.08. The zero-order valence-electron chi connectivity index (χ0n) is 8.78. The maximum Gasteiger partial charge on any atom is 0.270 e. The van der Waals surface area contributed by atoms with E-state index in [0.717, 1.165) is 23.0 Å². The molecule has 0 aromatic heterocycles. The topological polar surface area (TPSA) is 55.2 Å². The van der Waals surface area contributed by atoms with E-state index >= 15 is 0 Å². The summed E-state index contributed by atoms with van der Waals surface area (Å²) in [6.07, 6.45) is 3.33. The molecule has 0 aliphatic carbocycles. The van der Waals surface area contributed by atoms with Gasteiger partial charge in [-0.25, -0.2) is 0 Å². The zero-order valence-corrected chi connectivity index (χ0v) is 10.4. The molecule has 1 aromatic carbocycles. The Hall–Kier alpha value is -0.940. The quantitative estimate of drug-likeness (QED) is 0.686. The fourth-order valence-corrected chi connectivity index (χ4v) is 2.54. The third kappa shape index (κ3) is 2.59. The van der Waals surface area contributed by atoms with Crippen LogP contribution in [-0.2, 0) is 6.42 Å². The number of nitrogens with zero attached hydrogens (tertiary/aromatic N) is 1. The summed E-state index contributed by atoms with van der Waals surface area (Å²) < 4.78 is 0.829. The second-order valence-corrected chi connectivity index (χ2v) is 4.88. The molecule has 1 atom stereocenters. The van der Waals surface area contributed by atoms with Crippen molar-refractivity contribution in [1.29, 1.82) is 0 Å². The highest BCUT2D eigenvalue weighted by molar-refractivity contribution is 9.10. The van der Waals surface area contributed by atoms with E-state index in [1.807, 2.05) is 6.07 Å². The third-order valence-electron chi connectivity index (χ3n) is 2.88. The van der Waals surface area contributed by atoms with Crippen molar-refractivity contribution in [2.45, 2.75) is 25.3 Å². The largest absolute Gasteiger partial charge is 0.314 e. The summed E-state index contributed by atoms with van der Waals surface area (Å²) in [4.78, 5) is 10.2. The highest BCUT2D eigenvalue weighted by atomic mass is 79.9. The zero-order chi connectivity index (χ0) is 11.5. The van der Waals surface area contributed by atoms with Gasteiger partial charge in [-0.2, -0.15) is 0 Å². The maximum atomic E-state index is 10.6. The lowest BCUT2D eigenvalue weighted by Gasteiger charge is -2.11. The molecular formula is C11H13BrN2O2. The first-order valence-corrected chi connectivity index (χ1v) is 6.12. The molecule has 1 saturated heterocycles. The Kier molecular flexibility index (Phi) is 3.56. The summed E-state index contributed by atoms with van der Waals surface area (Å²) in [5.41, 5.74) is 1.26. The van der Waals surface area contributed by atoms with Crippen LogP contribution in [-0.4, -0.2) is 17.5 Å². The predicted molar refractivity (Wildman–Crippen MR) is 65.5 cm³/mol. The minimum absolute atomic E-state index is 0.134. The third-order valence-corrected chi connectivity index (χ3v) is 3.61. The number of hydrogen-bond acceptors (Lipinski definition) is 3. The second kappa shape index (κ2) is 4.93. The van der Waals surface area contributed by atoms with Gasteiger partial charge in [0.25, 0.3) is 5.69 Å². The van der Waals surface area contributed by atoms with Crippen molar-refractivity contribution in [3.63, 3.8) is 0 Å². The monoisotopic (exact) mass is 284 g/mol. The molecule has 86 valence electrons. The van der Waals surface area contributed by atoms with Crippen molar-refractivity contribution in [3.05, 3.63) is 38.3 Å². The molecule has 1 unspecified atom stereocenters. The van der Waals surface area contributed by atoms with E-state index in [2.05, 4.69) is 21.2 Å². The van der Waals surface area contributed by atoms with Gasteiger partial charge >= 0.3 is 0 Å². The standard InChI is InChI=1S/C11H13BrN2O2/c12-11-7-10(14(15)16)4-3-8(11)6-9-2-1-5-13-9/h3-4,7,9,13H,1-2,5-6H2. The Bertz CT molecular complexity index is 403. The van der Waals surface area contributed by atoms with E-state index in [1.165, 1.54) is 12.8 Å². The van der Waals surface area contributed by atoms with Crippen molar-refractivity contribution in [2.24, 2.45) is 0 Å². The molecule has 0 spiro atoms. The fourth-order valence-electron chi connectivity index (χ4n) is 2.01. The van der Waals surface area contributed by atoms with Crippen LogP contribution in [0.15, 0.2) is 22.7 Å². The highest BCUT2D eigenvalue weighted by Crippen LogP contribution is 2.25. The van der Waals surface area contributed by atoms with Gasteiger partial charge in [-0.3, -0.25) is 10.1 Å². The molecule has 1 fully saturated rings. The number of hydrogen-bond donors (Lipinski definition) is 1. The van der Waals surface area contributed by atoms with Gasteiger partial charge in [0, 0.05) is 22.6 Å². The van der Waals surface area contributed by atoms with Crippen LogP contribution in [0.25, 0.3) is 0 Å².